The van der Waals surface area contributed by atoms with Gasteiger partial charge in [0.1, 0.15) is 5.75 Å². The smallest absolute Gasteiger partial charge is 0.416 e. The van der Waals surface area contributed by atoms with E-state index in [4.69, 9.17) is 4.74 Å². The zero-order chi connectivity index (χ0) is 20.3. The highest BCUT2D eigenvalue weighted by Crippen LogP contribution is 2.35. The van der Waals surface area contributed by atoms with Crippen LogP contribution >= 0.6 is 0 Å². The van der Waals surface area contributed by atoms with Gasteiger partial charge in [-0.1, -0.05) is 6.92 Å². The summed E-state index contributed by atoms with van der Waals surface area (Å²) in [5.41, 5.74) is 0.874. The molecule has 0 saturated carbocycles. The van der Waals surface area contributed by atoms with Crippen molar-refractivity contribution in [3.63, 3.8) is 0 Å². The van der Waals surface area contributed by atoms with Crippen molar-refractivity contribution in [3.8, 4) is 5.75 Å². The highest BCUT2D eigenvalue weighted by atomic mass is 19.4. The summed E-state index contributed by atoms with van der Waals surface area (Å²) in [5.74, 6) is 0.144. The van der Waals surface area contributed by atoms with Gasteiger partial charge in [-0.05, 0) is 60.9 Å². The van der Waals surface area contributed by atoms with Crippen molar-refractivity contribution >= 4 is 17.4 Å². The van der Waals surface area contributed by atoms with Crippen LogP contribution in [0.25, 0.3) is 0 Å². The predicted octanol–water partition coefficient (Wildman–Crippen LogP) is 4.66. The Bertz CT molecular complexity index is 875. The first kappa shape index (κ1) is 19.9. The minimum Gasteiger partial charge on any atom is -0.484 e. The number of rotatable bonds is 5. The van der Waals surface area contributed by atoms with E-state index in [1.165, 1.54) is 11.0 Å². The van der Waals surface area contributed by atoms with E-state index >= 15 is 0 Å². The normalized spacial score (nSPS) is 13.8. The van der Waals surface area contributed by atoms with Gasteiger partial charge in [0.05, 0.1) is 5.56 Å². The molecular formula is C21H20F3NO3. The monoisotopic (exact) mass is 391 g/mol. The largest absolute Gasteiger partial charge is 0.484 e. The third-order valence-corrected chi connectivity index (χ3v) is 4.69. The molecule has 3 rings (SSSR count). The van der Waals surface area contributed by atoms with Crippen LogP contribution < -0.4 is 9.64 Å². The number of anilines is 1. The summed E-state index contributed by atoms with van der Waals surface area (Å²) in [6.45, 7) is 1.98. The summed E-state index contributed by atoms with van der Waals surface area (Å²) < 4.78 is 44.2. The van der Waals surface area contributed by atoms with Crippen molar-refractivity contribution in [2.75, 3.05) is 18.1 Å². The van der Waals surface area contributed by atoms with E-state index in [1.807, 2.05) is 0 Å². The molecule has 0 radical (unpaired) electrons. The molecule has 1 aliphatic heterocycles. The van der Waals surface area contributed by atoms with E-state index in [0.29, 0.717) is 48.4 Å². The van der Waals surface area contributed by atoms with Crippen LogP contribution in [0.3, 0.4) is 0 Å². The van der Waals surface area contributed by atoms with Crippen LogP contribution in [-0.4, -0.2) is 24.8 Å². The van der Waals surface area contributed by atoms with Gasteiger partial charge in [0, 0.05) is 24.2 Å². The third kappa shape index (κ3) is 4.35. The Morgan fingerprint density at radius 2 is 1.82 bits per heavy atom. The number of Topliss-reactive ketones (excluding diaryl/α,β-unsaturated/α-hetero) is 1. The summed E-state index contributed by atoms with van der Waals surface area (Å²) in [7, 11) is 0. The maximum Gasteiger partial charge on any atom is 0.416 e. The molecule has 0 atom stereocenters. The molecule has 0 aromatic heterocycles. The number of carbonyl (C=O) groups excluding carboxylic acids is 2. The predicted molar refractivity (Wildman–Crippen MR) is 98.7 cm³/mol. The average Bonchev–Trinajstić information content (AvgIpc) is 2.70. The van der Waals surface area contributed by atoms with Crippen LogP contribution in [0.4, 0.5) is 18.9 Å². The molecule has 0 N–H and O–H groups in total. The number of alkyl halides is 3. The van der Waals surface area contributed by atoms with Crippen LogP contribution in [0, 0.1) is 0 Å². The van der Waals surface area contributed by atoms with Gasteiger partial charge >= 0.3 is 6.18 Å². The molecule has 7 heteroatoms. The Labute approximate surface area is 160 Å². The number of carbonyl (C=O) groups is 2. The SMILES string of the molecule is CCC(=O)c1ccc(OCC(=O)N2CCCc3cc(C(F)(F)F)ccc32)cc1. The Balaban J connectivity index is 1.68. The second-order valence-corrected chi connectivity index (χ2v) is 6.58. The van der Waals surface area contributed by atoms with E-state index in [1.54, 1.807) is 31.2 Å². The van der Waals surface area contributed by atoms with Crippen LogP contribution in [0.15, 0.2) is 42.5 Å². The molecule has 0 aliphatic carbocycles. The highest BCUT2D eigenvalue weighted by Gasteiger charge is 2.32. The Morgan fingerprint density at radius 3 is 2.46 bits per heavy atom. The zero-order valence-electron chi connectivity index (χ0n) is 15.4. The first-order valence-corrected chi connectivity index (χ1v) is 9.06. The number of nitrogens with zero attached hydrogens (tertiary/aromatic N) is 1. The number of amides is 1. The van der Waals surface area contributed by atoms with Crippen molar-refractivity contribution in [3.05, 3.63) is 59.2 Å². The molecule has 1 heterocycles. The molecule has 0 unspecified atom stereocenters. The molecule has 2 aromatic rings. The number of hydrogen-bond acceptors (Lipinski definition) is 3. The Kier molecular flexibility index (Phi) is 5.72. The first-order chi connectivity index (χ1) is 13.3. The maximum absolute atomic E-state index is 12.9. The summed E-state index contributed by atoms with van der Waals surface area (Å²) in [4.78, 5) is 25.7. The van der Waals surface area contributed by atoms with Crippen molar-refractivity contribution in [1.82, 2.24) is 0 Å². The second kappa shape index (κ2) is 8.04. The number of fused-ring (bicyclic) bond motifs is 1. The second-order valence-electron chi connectivity index (χ2n) is 6.58. The van der Waals surface area contributed by atoms with Gasteiger partial charge in [-0.25, -0.2) is 0 Å². The van der Waals surface area contributed by atoms with E-state index in [9.17, 15) is 22.8 Å². The van der Waals surface area contributed by atoms with E-state index in [0.717, 1.165) is 12.1 Å². The van der Waals surface area contributed by atoms with Gasteiger partial charge < -0.3 is 9.64 Å². The lowest BCUT2D eigenvalue weighted by molar-refractivity contribution is -0.137. The number of hydrogen-bond donors (Lipinski definition) is 0. The molecule has 28 heavy (non-hydrogen) atoms. The quantitative estimate of drug-likeness (QED) is 0.697. The van der Waals surface area contributed by atoms with Crippen LogP contribution in [0.1, 0.15) is 41.3 Å². The summed E-state index contributed by atoms with van der Waals surface area (Å²) >= 11 is 0. The Hall–Kier alpha value is -2.83. The lowest BCUT2D eigenvalue weighted by Gasteiger charge is -2.30. The number of benzene rings is 2. The van der Waals surface area contributed by atoms with Gasteiger partial charge in [-0.2, -0.15) is 13.2 Å². The van der Waals surface area contributed by atoms with E-state index in [2.05, 4.69) is 0 Å². The summed E-state index contributed by atoms with van der Waals surface area (Å²) in [6, 6.07) is 9.97. The molecule has 0 spiro atoms. The number of ether oxygens (including phenoxy) is 1. The van der Waals surface area contributed by atoms with Crippen molar-refractivity contribution < 1.29 is 27.5 Å². The highest BCUT2D eigenvalue weighted by molar-refractivity contribution is 5.96. The van der Waals surface area contributed by atoms with Gasteiger partial charge in [0.2, 0.25) is 0 Å². The topological polar surface area (TPSA) is 46.6 Å². The summed E-state index contributed by atoms with van der Waals surface area (Å²) in [5, 5.41) is 0. The number of halogens is 3. The molecule has 0 bridgehead atoms. The molecular weight excluding hydrogens is 371 g/mol. The van der Waals surface area contributed by atoms with Crippen molar-refractivity contribution in [2.45, 2.75) is 32.4 Å². The standard InChI is InChI=1S/C21H20F3NO3/c1-2-19(26)14-5-8-17(9-6-14)28-13-20(27)25-11-3-4-15-12-16(21(22,23)24)7-10-18(15)25/h5-10,12H,2-4,11,13H2,1H3. The zero-order valence-corrected chi connectivity index (χ0v) is 15.4. The number of aryl methyl sites for hydroxylation is 1. The van der Waals surface area contributed by atoms with Gasteiger partial charge in [-0.3, -0.25) is 9.59 Å². The van der Waals surface area contributed by atoms with Gasteiger partial charge in [-0.15, -0.1) is 0 Å². The van der Waals surface area contributed by atoms with Crippen LogP contribution in [-0.2, 0) is 17.4 Å². The fourth-order valence-corrected chi connectivity index (χ4v) is 3.20. The maximum atomic E-state index is 12.9. The summed E-state index contributed by atoms with van der Waals surface area (Å²) in [6.07, 6.45) is -2.91. The molecule has 2 aromatic carbocycles. The first-order valence-electron chi connectivity index (χ1n) is 9.06. The molecule has 1 aliphatic rings. The van der Waals surface area contributed by atoms with Gasteiger partial charge in [0.15, 0.2) is 12.4 Å². The Morgan fingerprint density at radius 1 is 1.11 bits per heavy atom. The van der Waals surface area contributed by atoms with E-state index in [-0.39, 0.29) is 18.3 Å². The molecule has 1 amide bonds. The fraction of sp³-hybridized carbons (Fsp3) is 0.333. The molecule has 4 nitrogen and oxygen atoms in total. The molecule has 0 fully saturated rings. The van der Waals surface area contributed by atoms with Gasteiger partial charge in [0.25, 0.3) is 5.91 Å². The average molecular weight is 391 g/mol. The van der Waals surface area contributed by atoms with Crippen LogP contribution in [0.5, 0.6) is 5.75 Å². The fourth-order valence-electron chi connectivity index (χ4n) is 3.20. The van der Waals surface area contributed by atoms with Crippen molar-refractivity contribution in [1.29, 1.82) is 0 Å². The van der Waals surface area contributed by atoms with Crippen molar-refractivity contribution in [2.24, 2.45) is 0 Å². The third-order valence-electron chi connectivity index (χ3n) is 4.69. The lowest BCUT2D eigenvalue weighted by Crippen LogP contribution is -2.38. The molecule has 0 saturated heterocycles. The van der Waals surface area contributed by atoms with E-state index < -0.39 is 11.7 Å². The minimum absolute atomic E-state index is 0.0192. The lowest BCUT2D eigenvalue weighted by atomic mass is 9.99. The molecule has 148 valence electrons. The number of ketones is 1. The van der Waals surface area contributed by atoms with Crippen LogP contribution in [0.2, 0.25) is 0 Å². The minimum atomic E-state index is -4.41.